The van der Waals surface area contributed by atoms with Crippen LogP contribution in [0.5, 0.6) is 11.5 Å². The van der Waals surface area contributed by atoms with E-state index >= 15 is 0 Å². The molecule has 0 atom stereocenters. The molecule has 0 unspecified atom stereocenters. The number of aromatic hydroxyl groups is 2. The fraction of sp³-hybridized carbons (Fsp3) is 0.417. The maximum absolute atomic E-state index is 11.6. The van der Waals surface area contributed by atoms with Crippen LogP contribution in [-0.4, -0.2) is 34.4 Å². The molecule has 0 spiro atoms. The third-order valence-electron chi connectivity index (χ3n) is 2.29. The minimum Gasteiger partial charge on any atom is -0.508 e. The van der Waals surface area contributed by atoms with Crippen LogP contribution >= 0.6 is 0 Å². The fourth-order valence-corrected chi connectivity index (χ4v) is 1.44. The topological polar surface area (TPSA) is 89.8 Å². The van der Waals surface area contributed by atoms with E-state index in [0.29, 0.717) is 6.54 Å². The maximum Gasteiger partial charge on any atom is 0.251 e. The number of unbranched alkanes of at least 4 members (excludes halogenated alkanes) is 2. The van der Waals surface area contributed by atoms with E-state index in [1.165, 1.54) is 12.1 Å². The van der Waals surface area contributed by atoms with Gasteiger partial charge >= 0.3 is 0 Å². The Morgan fingerprint density at radius 2 is 1.71 bits per heavy atom. The lowest BCUT2D eigenvalue weighted by molar-refractivity contribution is 0.0952. The molecule has 1 aromatic rings. The average molecular weight is 239 g/mol. The number of aliphatic hydroxyl groups is 1. The molecule has 0 saturated heterocycles. The van der Waals surface area contributed by atoms with Gasteiger partial charge in [-0.15, -0.1) is 0 Å². The van der Waals surface area contributed by atoms with Crippen LogP contribution in [0, 0.1) is 0 Å². The zero-order chi connectivity index (χ0) is 12.7. The molecule has 0 radical (unpaired) electrons. The van der Waals surface area contributed by atoms with E-state index in [2.05, 4.69) is 5.32 Å². The Kier molecular flexibility index (Phi) is 5.29. The van der Waals surface area contributed by atoms with Gasteiger partial charge < -0.3 is 20.6 Å². The highest BCUT2D eigenvalue weighted by atomic mass is 16.3. The molecule has 1 aromatic carbocycles. The van der Waals surface area contributed by atoms with Crippen LogP contribution in [-0.2, 0) is 0 Å². The highest BCUT2D eigenvalue weighted by molar-refractivity contribution is 5.94. The Morgan fingerprint density at radius 1 is 1.06 bits per heavy atom. The first-order chi connectivity index (χ1) is 8.13. The lowest BCUT2D eigenvalue weighted by Crippen LogP contribution is -2.24. The Labute approximate surface area is 99.7 Å². The van der Waals surface area contributed by atoms with Crippen molar-refractivity contribution in [2.45, 2.75) is 19.3 Å². The highest BCUT2D eigenvalue weighted by Gasteiger charge is 2.07. The number of benzene rings is 1. The number of rotatable bonds is 6. The molecule has 0 aromatic heterocycles. The summed E-state index contributed by atoms with van der Waals surface area (Å²) < 4.78 is 0. The summed E-state index contributed by atoms with van der Waals surface area (Å²) in [6.07, 6.45) is 2.36. The van der Waals surface area contributed by atoms with E-state index in [-0.39, 0.29) is 29.6 Å². The van der Waals surface area contributed by atoms with Gasteiger partial charge in [-0.1, -0.05) is 0 Å². The zero-order valence-corrected chi connectivity index (χ0v) is 9.52. The molecule has 0 aliphatic carbocycles. The predicted molar refractivity (Wildman–Crippen MR) is 63.0 cm³/mol. The normalized spacial score (nSPS) is 10.2. The average Bonchev–Trinajstić information content (AvgIpc) is 2.27. The summed E-state index contributed by atoms with van der Waals surface area (Å²) in [5.74, 6) is -0.619. The molecule has 4 N–H and O–H groups in total. The summed E-state index contributed by atoms with van der Waals surface area (Å²) >= 11 is 0. The van der Waals surface area contributed by atoms with Crippen molar-refractivity contribution >= 4 is 5.91 Å². The molecule has 1 rings (SSSR count). The number of carbonyl (C=O) groups excluding carboxylic acids is 1. The molecule has 0 aliphatic heterocycles. The standard InChI is InChI=1S/C12H17NO4/c14-5-3-1-2-4-13-12(17)9-6-10(15)8-11(16)7-9/h6-8,14-16H,1-5H2,(H,13,17). The number of amides is 1. The Hall–Kier alpha value is -1.75. The summed E-state index contributed by atoms with van der Waals surface area (Å²) in [6.45, 7) is 0.670. The number of hydrogen-bond acceptors (Lipinski definition) is 4. The van der Waals surface area contributed by atoms with Crippen LogP contribution in [0.25, 0.3) is 0 Å². The maximum atomic E-state index is 11.6. The second kappa shape index (κ2) is 6.75. The van der Waals surface area contributed by atoms with Gasteiger partial charge in [-0.25, -0.2) is 0 Å². The van der Waals surface area contributed by atoms with E-state index in [0.717, 1.165) is 25.3 Å². The van der Waals surface area contributed by atoms with Crippen molar-refractivity contribution < 1.29 is 20.1 Å². The number of hydrogen-bond donors (Lipinski definition) is 4. The van der Waals surface area contributed by atoms with Crippen molar-refractivity contribution in [3.05, 3.63) is 23.8 Å². The Balaban J connectivity index is 2.41. The van der Waals surface area contributed by atoms with Crippen molar-refractivity contribution in [2.24, 2.45) is 0 Å². The summed E-state index contributed by atoms with van der Waals surface area (Å²) in [5, 5.41) is 29.7. The van der Waals surface area contributed by atoms with Crippen molar-refractivity contribution in [2.75, 3.05) is 13.2 Å². The molecule has 0 aliphatic rings. The summed E-state index contributed by atoms with van der Waals surface area (Å²) in [5.41, 5.74) is 0.227. The summed E-state index contributed by atoms with van der Waals surface area (Å²) in [6, 6.07) is 3.75. The molecule has 5 nitrogen and oxygen atoms in total. The van der Waals surface area contributed by atoms with Crippen LogP contribution in [0.3, 0.4) is 0 Å². The number of phenols is 2. The molecule has 17 heavy (non-hydrogen) atoms. The van der Waals surface area contributed by atoms with Crippen molar-refractivity contribution in [1.82, 2.24) is 5.32 Å². The smallest absolute Gasteiger partial charge is 0.251 e. The SMILES string of the molecule is O=C(NCCCCCO)c1cc(O)cc(O)c1. The third-order valence-corrected chi connectivity index (χ3v) is 2.29. The second-order valence-corrected chi connectivity index (χ2v) is 3.78. The lowest BCUT2D eigenvalue weighted by atomic mass is 10.2. The first-order valence-electron chi connectivity index (χ1n) is 5.55. The lowest BCUT2D eigenvalue weighted by Gasteiger charge is -2.05. The van der Waals surface area contributed by atoms with Gasteiger partial charge in [0.05, 0.1) is 0 Å². The van der Waals surface area contributed by atoms with Gasteiger partial charge in [-0.3, -0.25) is 4.79 Å². The second-order valence-electron chi connectivity index (χ2n) is 3.78. The molecule has 94 valence electrons. The largest absolute Gasteiger partial charge is 0.508 e. The van der Waals surface area contributed by atoms with Gasteiger partial charge in [0.25, 0.3) is 5.91 Å². The Morgan fingerprint density at radius 3 is 2.29 bits per heavy atom. The van der Waals surface area contributed by atoms with E-state index < -0.39 is 0 Å². The van der Waals surface area contributed by atoms with E-state index in [9.17, 15) is 15.0 Å². The van der Waals surface area contributed by atoms with Crippen molar-refractivity contribution in [1.29, 1.82) is 0 Å². The molecule has 0 saturated carbocycles. The first kappa shape index (κ1) is 13.3. The van der Waals surface area contributed by atoms with E-state index in [1.54, 1.807) is 0 Å². The van der Waals surface area contributed by atoms with Gasteiger partial charge in [-0.05, 0) is 31.4 Å². The predicted octanol–water partition coefficient (Wildman–Crippen LogP) is 0.990. The molecule has 0 bridgehead atoms. The minimum absolute atomic E-state index is 0.143. The number of phenolic OH excluding ortho intramolecular Hbond substituents is 2. The third kappa shape index (κ3) is 4.74. The van der Waals surface area contributed by atoms with Gasteiger partial charge in [0.1, 0.15) is 11.5 Å². The monoisotopic (exact) mass is 239 g/mol. The van der Waals surface area contributed by atoms with Crippen LogP contribution in [0.4, 0.5) is 0 Å². The van der Waals surface area contributed by atoms with Crippen LogP contribution in [0.2, 0.25) is 0 Å². The summed E-state index contributed by atoms with van der Waals surface area (Å²) in [7, 11) is 0. The number of carbonyl (C=O) groups is 1. The van der Waals surface area contributed by atoms with Gasteiger partial charge in [0, 0.05) is 24.8 Å². The molecule has 5 heteroatoms. The molecular weight excluding hydrogens is 222 g/mol. The quantitative estimate of drug-likeness (QED) is 0.557. The molecule has 0 fully saturated rings. The van der Waals surface area contributed by atoms with Gasteiger partial charge in [0.15, 0.2) is 0 Å². The van der Waals surface area contributed by atoms with Crippen molar-refractivity contribution in [3.8, 4) is 11.5 Å². The number of aliphatic hydroxyl groups excluding tert-OH is 1. The summed E-state index contributed by atoms with van der Waals surface area (Å²) in [4.78, 5) is 11.6. The van der Waals surface area contributed by atoms with E-state index in [1.807, 2.05) is 0 Å². The first-order valence-corrected chi connectivity index (χ1v) is 5.55. The van der Waals surface area contributed by atoms with E-state index in [4.69, 9.17) is 5.11 Å². The Bertz CT molecular complexity index is 359. The molecular formula is C12H17NO4. The van der Waals surface area contributed by atoms with Crippen LogP contribution in [0.15, 0.2) is 18.2 Å². The highest BCUT2D eigenvalue weighted by Crippen LogP contribution is 2.20. The number of nitrogens with one attached hydrogen (secondary N) is 1. The fourth-order valence-electron chi connectivity index (χ4n) is 1.44. The zero-order valence-electron chi connectivity index (χ0n) is 9.52. The van der Waals surface area contributed by atoms with Crippen LogP contribution < -0.4 is 5.32 Å². The molecule has 1 amide bonds. The van der Waals surface area contributed by atoms with Crippen LogP contribution in [0.1, 0.15) is 29.6 Å². The minimum atomic E-state index is -0.333. The van der Waals surface area contributed by atoms with Gasteiger partial charge in [-0.2, -0.15) is 0 Å². The molecule has 0 heterocycles. The van der Waals surface area contributed by atoms with Gasteiger partial charge in [0.2, 0.25) is 0 Å². The van der Waals surface area contributed by atoms with Crippen molar-refractivity contribution in [3.63, 3.8) is 0 Å².